The number of hydrogen-bond acceptors (Lipinski definition) is 6. The number of hydrogen-bond donors (Lipinski definition) is 2. The molecule has 0 aromatic heterocycles. The molecule has 10 heteroatoms. The van der Waals surface area contributed by atoms with Crippen molar-refractivity contribution in [3.63, 3.8) is 0 Å². The highest BCUT2D eigenvalue weighted by atomic mass is 32.2. The molecule has 0 bridgehead atoms. The van der Waals surface area contributed by atoms with Gasteiger partial charge in [-0.2, -0.15) is 0 Å². The van der Waals surface area contributed by atoms with Gasteiger partial charge in [0.2, 0.25) is 20.0 Å². The molecule has 1 atom stereocenters. The lowest BCUT2D eigenvalue weighted by molar-refractivity contribution is 0.0172. The van der Waals surface area contributed by atoms with Crippen LogP contribution in [0.25, 0.3) is 0 Å². The van der Waals surface area contributed by atoms with Gasteiger partial charge in [-0.25, -0.2) is 26.3 Å². The van der Waals surface area contributed by atoms with E-state index in [1.807, 2.05) is 31.2 Å². The van der Waals surface area contributed by atoms with Gasteiger partial charge >= 0.3 is 0 Å². The average molecular weight is 454 g/mol. The number of rotatable bonds is 8. The van der Waals surface area contributed by atoms with Crippen molar-refractivity contribution in [2.75, 3.05) is 39.9 Å². The highest BCUT2D eigenvalue weighted by Crippen LogP contribution is 2.23. The summed E-state index contributed by atoms with van der Waals surface area (Å²) in [6, 6.07) is 13.1. The van der Waals surface area contributed by atoms with E-state index in [9.17, 15) is 16.8 Å². The lowest BCUT2D eigenvalue weighted by atomic mass is 10.0. The molecule has 3 rings (SSSR count). The third-order valence-corrected chi connectivity index (χ3v) is 8.00. The maximum Gasteiger partial charge on any atom is 0.240 e. The van der Waals surface area contributed by atoms with Crippen LogP contribution in [0.1, 0.15) is 17.2 Å². The Bertz CT molecular complexity index is 1050. The monoisotopic (exact) mass is 453 g/mol. The van der Waals surface area contributed by atoms with Crippen molar-refractivity contribution >= 4 is 20.0 Å². The van der Waals surface area contributed by atoms with Gasteiger partial charge in [-0.15, -0.1) is 0 Å². The predicted octanol–water partition coefficient (Wildman–Crippen LogP) is 1.25. The molecule has 1 aliphatic rings. The highest BCUT2D eigenvalue weighted by Gasteiger charge is 2.25. The van der Waals surface area contributed by atoms with E-state index >= 15 is 0 Å². The molecular weight excluding hydrogens is 426 g/mol. The van der Waals surface area contributed by atoms with Crippen LogP contribution < -0.4 is 9.44 Å². The molecule has 0 radical (unpaired) electrons. The van der Waals surface area contributed by atoms with Gasteiger partial charge in [0.05, 0.1) is 23.0 Å². The fourth-order valence-electron chi connectivity index (χ4n) is 3.32. The van der Waals surface area contributed by atoms with Crippen LogP contribution >= 0.6 is 0 Å². The summed E-state index contributed by atoms with van der Waals surface area (Å²) in [5.74, 6) is 0. The Kier molecular flexibility index (Phi) is 7.27. The predicted molar refractivity (Wildman–Crippen MR) is 114 cm³/mol. The maximum absolute atomic E-state index is 12.8. The first kappa shape index (κ1) is 22.9. The molecule has 0 amide bonds. The minimum absolute atomic E-state index is 0.00907. The van der Waals surface area contributed by atoms with Gasteiger partial charge in [-0.1, -0.05) is 29.8 Å². The van der Waals surface area contributed by atoms with Gasteiger partial charge in [-0.3, -0.25) is 4.90 Å². The largest absolute Gasteiger partial charge is 0.379 e. The van der Waals surface area contributed by atoms with Crippen LogP contribution in [0, 0.1) is 6.92 Å². The zero-order chi connectivity index (χ0) is 21.8. The number of aryl methyl sites for hydroxylation is 1. The lowest BCUT2D eigenvalue weighted by Gasteiger charge is -2.35. The van der Waals surface area contributed by atoms with E-state index in [4.69, 9.17) is 4.74 Å². The molecule has 0 unspecified atom stereocenters. The van der Waals surface area contributed by atoms with E-state index in [1.165, 1.54) is 31.3 Å². The number of ether oxygens (including phenoxy) is 1. The Balaban J connectivity index is 1.79. The molecule has 164 valence electrons. The zero-order valence-corrected chi connectivity index (χ0v) is 18.7. The summed E-state index contributed by atoms with van der Waals surface area (Å²) in [5.41, 5.74) is 2.16. The minimum Gasteiger partial charge on any atom is -0.379 e. The standard InChI is InChI=1S/C20H27N3O5S2/c1-16-3-5-17(6-4-16)20(23-11-13-28-14-12-23)15-22-30(26,27)19-9-7-18(8-10-19)29(24,25)21-2/h3-10,20-22H,11-15H2,1-2H3/t20-/m1/s1. The zero-order valence-electron chi connectivity index (χ0n) is 17.0. The van der Waals surface area contributed by atoms with Crippen molar-refractivity contribution in [1.29, 1.82) is 0 Å². The molecule has 1 aliphatic heterocycles. The van der Waals surface area contributed by atoms with Crippen molar-refractivity contribution in [3.05, 3.63) is 59.7 Å². The van der Waals surface area contributed by atoms with E-state index in [0.29, 0.717) is 13.2 Å². The van der Waals surface area contributed by atoms with Gasteiger partial charge in [0.25, 0.3) is 0 Å². The Hall–Kier alpha value is -1.82. The number of sulfonamides is 2. The second-order valence-corrected chi connectivity index (χ2v) is 10.8. The fraction of sp³-hybridized carbons (Fsp3) is 0.400. The third kappa shape index (κ3) is 5.45. The second-order valence-electron chi connectivity index (χ2n) is 7.11. The first-order chi connectivity index (χ1) is 14.2. The van der Waals surface area contributed by atoms with Crippen LogP contribution in [-0.2, 0) is 24.8 Å². The number of nitrogens with one attached hydrogen (secondary N) is 2. The summed E-state index contributed by atoms with van der Waals surface area (Å²) < 4.78 is 59.6. The molecule has 2 N–H and O–H groups in total. The summed E-state index contributed by atoms with van der Waals surface area (Å²) in [6.45, 7) is 4.86. The Morgan fingerprint density at radius 2 is 1.43 bits per heavy atom. The smallest absolute Gasteiger partial charge is 0.240 e. The quantitative estimate of drug-likeness (QED) is 0.624. The molecule has 2 aromatic carbocycles. The second kappa shape index (κ2) is 9.54. The van der Waals surface area contributed by atoms with Crippen molar-refractivity contribution < 1.29 is 21.6 Å². The normalized spacial score (nSPS) is 17.0. The van der Waals surface area contributed by atoms with E-state index in [0.717, 1.165) is 24.2 Å². The summed E-state index contributed by atoms with van der Waals surface area (Å²) >= 11 is 0. The summed E-state index contributed by atoms with van der Waals surface area (Å²) in [7, 11) is -6.12. The van der Waals surface area contributed by atoms with Crippen LogP contribution in [0.5, 0.6) is 0 Å². The van der Waals surface area contributed by atoms with Gasteiger partial charge in [-0.05, 0) is 43.8 Å². The van der Waals surface area contributed by atoms with Gasteiger partial charge < -0.3 is 4.74 Å². The molecule has 2 aromatic rings. The number of benzene rings is 2. The van der Waals surface area contributed by atoms with Gasteiger partial charge in [0.15, 0.2) is 0 Å². The van der Waals surface area contributed by atoms with Gasteiger partial charge in [0, 0.05) is 25.7 Å². The van der Waals surface area contributed by atoms with E-state index in [2.05, 4.69) is 14.3 Å². The fourth-order valence-corrected chi connectivity index (χ4v) is 5.09. The van der Waals surface area contributed by atoms with E-state index in [-0.39, 0.29) is 22.4 Å². The van der Waals surface area contributed by atoms with Crippen LogP contribution in [0.15, 0.2) is 58.3 Å². The van der Waals surface area contributed by atoms with Crippen LogP contribution in [-0.4, -0.2) is 61.6 Å². The first-order valence-electron chi connectivity index (χ1n) is 9.64. The molecule has 0 aliphatic carbocycles. The highest BCUT2D eigenvalue weighted by molar-refractivity contribution is 7.90. The van der Waals surface area contributed by atoms with Crippen LogP contribution in [0.2, 0.25) is 0 Å². The Morgan fingerprint density at radius 3 is 1.97 bits per heavy atom. The number of morpholine rings is 1. The van der Waals surface area contributed by atoms with Crippen molar-refractivity contribution in [1.82, 2.24) is 14.3 Å². The minimum atomic E-state index is -3.80. The maximum atomic E-state index is 12.8. The van der Waals surface area contributed by atoms with Crippen molar-refractivity contribution in [2.45, 2.75) is 22.8 Å². The van der Waals surface area contributed by atoms with Crippen LogP contribution in [0.3, 0.4) is 0 Å². The molecule has 1 saturated heterocycles. The average Bonchev–Trinajstić information content (AvgIpc) is 2.76. The summed E-state index contributed by atoms with van der Waals surface area (Å²) in [4.78, 5) is 2.23. The Morgan fingerprint density at radius 1 is 0.900 bits per heavy atom. The molecule has 8 nitrogen and oxygen atoms in total. The van der Waals surface area contributed by atoms with Crippen LogP contribution in [0.4, 0.5) is 0 Å². The topological polar surface area (TPSA) is 105 Å². The number of nitrogens with zero attached hydrogens (tertiary/aromatic N) is 1. The molecule has 0 saturated carbocycles. The molecule has 30 heavy (non-hydrogen) atoms. The summed E-state index contributed by atoms with van der Waals surface area (Å²) in [6.07, 6.45) is 0. The SMILES string of the molecule is CNS(=O)(=O)c1ccc(S(=O)(=O)NC[C@H](c2ccc(C)cc2)N2CCOCC2)cc1. The Labute approximate surface area is 178 Å². The van der Waals surface area contributed by atoms with Crippen molar-refractivity contribution in [2.24, 2.45) is 0 Å². The molecule has 1 heterocycles. The molecule has 1 fully saturated rings. The molecular formula is C20H27N3O5S2. The van der Waals surface area contributed by atoms with Gasteiger partial charge in [0.1, 0.15) is 0 Å². The van der Waals surface area contributed by atoms with E-state index < -0.39 is 20.0 Å². The lowest BCUT2D eigenvalue weighted by Crippen LogP contribution is -2.43. The molecule has 0 spiro atoms. The van der Waals surface area contributed by atoms with Crippen molar-refractivity contribution in [3.8, 4) is 0 Å². The summed E-state index contributed by atoms with van der Waals surface area (Å²) in [5, 5.41) is 0. The first-order valence-corrected chi connectivity index (χ1v) is 12.6. The van der Waals surface area contributed by atoms with E-state index in [1.54, 1.807) is 0 Å². The third-order valence-electron chi connectivity index (χ3n) is 5.13.